The van der Waals surface area contributed by atoms with Crippen molar-refractivity contribution in [2.24, 2.45) is 0 Å². The highest BCUT2D eigenvalue weighted by molar-refractivity contribution is 6.04. The Kier molecular flexibility index (Phi) is 9.06. The molecule has 0 saturated carbocycles. The van der Waals surface area contributed by atoms with Gasteiger partial charge in [-0.1, -0.05) is 76.2 Å². The largest absolute Gasteiger partial charge is 0.371 e. The van der Waals surface area contributed by atoms with E-state index in [0.29, 0.717) is 17.8 Å². The van der Waals surface area contributed by atoms with Gasteiger partial charge in [0.2, 0.25) is 0 Å². The maximum absolute atomic E-state index is 13.4. The molecule has 200 valence electrons. The topological polar surface area (TPSA) is 73.5 Å². The van der Waals surface area contributed by atoms with Crippen LogP contribution in [-0.4, -0.2) is 25.0 Å². The van der Waals surface area contributed by atoms with Gasteiger partial charge in [0.15, 0.2) is 0 Å². The van der Waals surface area contributed by atoms with Crippen molar-refractivity contribution >= 4 is 29.0 Å². The van der Waals surface area contributed by atoms with Gasteiger partial charge in [0.05, 0.1) is 5.56 Å². The van der Waals surface area contributed by atoms with Crippen molar-refractivity contribution in [3.8, 4) is 0 Å². The second-order valence-corrected chi connectivity index (χ2v) is 10.6. The third-order valence-corrected chi connectivity index (χ3v) is 7.10. The first-order chi connectivity index (χ1) is 18.3. The van der Waals surface area contributed by atoms with E-state index >= 15 is 0 Å². The summed E-state index contributed by atoms with van der Waals surface area (Å²) in [5.41, 5.74) is 6.18. The van der Waals surface area contributed by atoms with Crippen LogP contribution in [0.4, 0.5) is 21.9 Å². The Bertz CT molecular complexity index is 1220. The Morgan fingerprint density at radius 2 is 1.45 bits per heavy atom. The molecule has 1 fully saturated rings. The van der Waals surface area contributed by atoms with Crippen LogP contribution < -0.4 is 20.9 Å². The highest BCUT2D eigenvalue weighted by Gasteiger charge is 2.21. The predicted octanol–water partition coefficient (Wildman–Crippen LogP) is 7.50. The average Bonchev–Trinajstić information content (AvgIpc) is 2.92. The van der Waals surface area contributed by atoms with E-state index in [4.69, 9.17) is 0 Å². The first-order valence-electron chi connectivity index (χ1n) is 13.8. The summed E-state index contributed by atoms with van der Waals surface area (Å²) in [6.45, 7) is 10.8. The number of hydrogen-bond acceptors (Lipinski definition) is 3. The van der Waals surface area contributed by atoms with Crippen molar-refractivity contribution in [1.29, 1.82) is 0 Å². The molecule has 3 aromatic rings. The Labute approximate surface area is 226 Å². The third kappa shape index (κ3) is 6.74. The fourth-order valence-corrected chi connectivity index (χ4v) is 5.05. The van der Waals surface area contributed by atoms with Gasteiger partial charge in [-0.25, -0.2) is 4.79 Å². The minimum absolute atomic E-state index is 0.147. The van der Waals surface area contributed by atoms with Gasteiger partial charge < -0.3 is 20.9 Å². The molecule has 0 radical (unpaired) electrons. The van der Waals surface area contributed by atoms with Crippen molar-refractivity contribution in [2.45, 2.75) is 65.3 Å². The Balaban J connectivity index is 1.57. The number of rotatable bonds is 8. The molecule has 3 aromatic carbocycles. The zero-order chi connectivity index (χ0) is 27.1. The highest BCUT2D eigenvalue weighted by atomic mass is 16.2. The molecule has 1 saturated heterocycles. The molecule has 0 atom stereocenters. The second-order valence-electron chi connectivity index (χ2n) is 10.6. The first kappa shape index (κ1) is 27.2. The van der Waals surface area contributed by atoms with E-state index in [0.717, 1.165) is 54.0 Å². The van der Waals surface area contributed by atoms with Gasteiger partial charge in [-0.05, 0) is 66.0 Å². The number of piperidine rings is 1. The zero-order valence-corrected chi connectivity index (χ0v) is 23.0. The summed E-state index contributed by atoms with van der Waals surface area (Å²) in [5, 5.41) is 9.14. The Morgan fingerprint density at radius 1 is 0.789 bits per heavy atom. The number of nitrogens with one attached hydrogen (secondary N) is 3. The normalized spacial score (nSPS) is 13.5. The summed E-state index contributed by atoms with van der Waals surface area (Å²) < 4.78 is 0. The predicted molar refractivity (Wildman–Crippen MR) is 157 cm³/mol. The number of carbonyl (C=O) groups is 2. The van der Waals surface area contributed by atoms with Crippen LogP contribution in [-0.2, 0) is 6.54 Å². The fraction of sp³-hybridized carbons (Fsp3) is 0.375. The van der Waals surface area contributed by atoms with Crippen LogP contribution in [0.15, 0.2) is 66.7 Å². The lowest BCUT2D eigenvalue weighted by atomic mass is 9.93. The lowest BCUT2D eigenvalue weighted by Gasteiger charge is -2.30. The molecule has 0 bridgehead atoms. The van der Waals surface area contributed by atoms with Crippen LogP contribution in [0.2, 0.25) is 0 Å². The molecular formula is C32H40N4O2. The molecule has 38 heavy (non-hydrogen) atoms. The summed E-state index contributed by atoms with van der Waals surface area (Å²) in [5.74, 6) is 0.395. The standard InChI is InChI=1S/C32H40N4O2/c1-22(2)26-14-11-15-27(23(3)4)30(26)35-32(38)34-25-16-17-29(36-18-9-6-10-19-36)28(20-25)31(37)33-21-24-12-7-5-8-13-24/h5,7-8,11-17,20,22-23H,6,9-10,18-19,21H2,1-4H3,(H,33,37)(H2,34,35,38). The zero-order valence-electron chi connectivity index (χ0n) is 23.0. The molecule has 0 aliphatic carbocycles. The number of amides is 3. The van der Waals surface area contributed by atoms with E-state index in [-0.39, 0.29) is 23.8 Å². The van der Waals surface area contributed by atoms with E-state index in [1.54, 1.807) is 6.07 Å². The van der Waals surface area contributed by atoms with E-state index in [9.17, 15) is 9.59 Å². The minimum Gasteiger partial charge on any atom is -0.371 e. The number of carbonyl (C=O) groups excluding carboxylic acids is 2. The van der Waals surface area contributed by atoms with Crippen molar-refractivity contribution in [3.63, 3.8) is 0 Å². The summed E-state index contributed by atoms with van der Waals surface area (Å²) in [6, 6.07) is 21.4. The molecule has 0 spiro atoms. The van der Waals surface area contributed by atoms with E-state index < -0.39 is 0 Å². The molecule has 6 nitrogen and oxygen atoms in total. The molecule has 1 heterocycles. The van der Waals surface area contributed by atoms with Crippen LogP contribution in [0.5, 0.6) is 0 Å². The molecule has 4 rings (SSSR count). The lowest BCUT2D eigenvalue weighted by molar-refractivity contribution is 0.0951. The van der Waals surface area contributed by atoms with Crippen LogP contribution in [0.25, 0.3) is 0 Å². The number of anilines is 3. The molecule has 0 unspecified atom stereocenters. The molecule has 6 heteroatoms. The highest BCUT2D eigenvalue weighted by Crippen LogP contribution is 2.33. The van der Waals surface area contributed by atoms with Crippen LogP contribution >= 0.6 is 0 Å². The number of nitrogens with zero attached hydrogens (tertiary/aromatic N) is 1. The van der Waals surface area contributed by atoms with Crippen LogP contribution in [0.1, 0.15) is 85.8 Å². The van der Waals surface area contributed by atoms with Gasteiger partial charge in [0.1, 0.15) is 0 Å². The third-order valence-electron chi connectivity index (χ3n) is 7.10. The maximum Gasteiger partial charge on any atom is 0.323 e. The number of para-hydroxylation sites is 1. The van der Waals surface area contributed by atoms with Gasteiger partial charge in [-0.2, -0.15) is 0 Å². The van der Waals surface area contributed by atoms with E-state index in [1.807, 2.05) is 48.5 Å². The van der Waals surface area contributed by atoms with Crippen molar-refractivity contribution in [1.82, 2.24) is 5.32 Å². The molecule has 3 N–H and O–H groups in total. The SMILES string of the molecule is CC(C)c1cccc(C(C)C)c1NC(=O)Nc1ccc(N2CCCCC2)c(C(=O)NCc2ccccc2)c1. The van der Waals surface area contributed by atoms with Gasteiger partial charge in [0, 0.05) is 36.7 Å². The monoisotopic (exact) mass is 512 g/mol. The molecule has 0 aromatic heterocycles. The molecule has 3 amide bonds. The van der Waals surface area contributed by atoms with Gasteiger partial charge in [-0.15, -0.1) is 0 Å². The second kappa shape index (κ2) is 12.6. The fourth-order valence-electron chi connectivity index (χ4n) is 5.05. The maximum atomic E-state index is 13.4. The smallest absolute Gasteiger partial charge is 0.323 e. The number of benzene rings is 3. The van der Waals surface area contributed by atoms with Gasteiger partial charge >= 0.3 is 6.03 Å². The van der Waals surface area contributed by atoms with Crippen molar-refractivity contribution < 1.29 is 9.59 Å². The van der Waals surface area contributed by atoms with Gasteiger partial charge in [0.25, 0.3) is 5.91 Å². The number of hydrogen-bond donors (Lipinski definition) is 3. The first-order valence-corrected chi connectivity index (χ1v) is 13.8. The summed E-state index contributed by atoms with van der Waals surface area (Å²) in [7, 11) is 0. The minimum atomic E-state index is -0.318. The molecule has 1 aliphatic heterocycles. The lowest BCUT2D eigenvalue weighted by Crippen LogP contribution is -2.33. The van der Waals surface area contributed by atoms with E-state index in [2.05, 4.69) is 60.7 Å². The average molecular weight is 513 g/mol. The Hall–Kier alpha value is -3.80. The van der Waals surface area contributed by atoms with Crippen molar-refractivity contribution in [3.05, 3.63) is 89.0 Å². The molecular weight excluding hydrogens is 472 g/mol. The quantitative estimate of drug-likeness (QED) is 0.293. The summed E-state index contributed by atoms with van der Waals surface area (Å²) in [4.78, 5) is 28.8. The number of urea groups is 1. The van der Waals surface area contributed by atoms with E-state index in [1.165, 1.54) is 6.42 Å². The van der Waals surface area contributed by atoms with Crippen molar-refractivity contribution in [2.75, 3.05) is 28.6 Å². The summed E-state index contributed by atoms with van der Waals surface area (Å²) >= 11 is 0. The Morgan fingerprint density at radius 3 is 2.08 bits per heavy atom. The summed E-state index contributed by atoms with van der Waals surface area (Å²) in [6.07, 6.45) is 3.43. The van der Waals surface area contributed by atoms with Crippen LogP contribution in [0.3, 0.4) is 0 Å². The molecule has 1 aliphatic rings. The van der Waals surface area contributed by atoms with Crippen LogP contribution in [0, 0.1) is 0 Å². The van der Waals surface area contributed by atoms with Gasteiger partial charge in [-0.3, -0.25) is 4.79 Å².